The van der Waals surface area contributed by atoms with Gasteiger partial charge < -0.3 is 0 Å². The minimum absolute atomic E-state index is 1.11. The molecule has 19 heavy (non-hydrogen) atoms. The Morgan fingerprint density at radius 2 is 1.16 bits per heavy atom. The summed E-state index contributed by atoms with van der Waals surface area (Å²) in [7, 11) is 0. The van der Waals surface area contributed by atoms with Gasteiger partial charge in [0.1, 0.15) is 0 Å². The first-order valence-electron chi connectivity index (χ1n) is 8.51. The molecule has 0 amide bonds. The predicted octanol–water partition coefficient (Wildman–Crippen LogP) is 7.02. The van der Waals surface area contributed by atoms with E-state index >= 15 is 0 Å². The Balaban J connectivity index is 3.12. The van der Waals surface area contributed by atoms with Crippen LogP contribution in [0.1, 0.15) is 90.4 Å². The molecular weight excluding hydrogens is 228 g/mol. The standard InChI is InChI=1S/C19H35/c1-3-5-7-9-11-13-15-17-19-18-16-14-12-10-8-6-4-2/h12,14,18-19H,1,3-11,13,15-17H2,2H3/b14-12-,19-18-. The lowest BCUT2D eigenvalue weighted by molar-refractivity contribution is 0.599. The summed E-state index contributed by atoms with van der Waals surface area (Å²) in [6.45, 7) is 6.13. The molecule has 0 heteroatoms. The van der Waals surface area contributed by atoms with Gasteiger partial charge in [0.25, 0.3) is 0 Å². The van der Waals surface area contributed by atoms with Crippen molar-refractivity contribution in [3.63, 3.8) is 0 Å². The van der Waals surface area contributed by atoms with Crippen molar-refractivity contribution >= 4 is 0 Å². The lowest BCUT2D eigenvalue weighted by Crippen LogP contribution is -1.78. The molecule has 0 atom stereocenters. The Labute approximate surface area is 122 Å². The fourth-order valence-corrected chi connectivity index (χ4v) is 2.16. The quantitative estimate of drug-likeness (QED) is 0.233. The van der Waals surface area contributed by atoms with Gasteiger partial charge in [-0.25, -0.2) is 0 Å². The molecule has 0 N–H and O–H groups in total. The third-order valence-corrected chi connectivity index (χ3v) is 3.45. The summed E-state index contributed by atoms with van der Waals surface area (Å²) in [6, 6.07) is 0. The molecule has 0 aliphatic heterocycles. The zero-order chi connectivity index (χ0) is 14.0. The average molecular weight is 263 g/mol. The van der Waals surface area contributed by atoms with Gasteiger partial charge in [0.05, 0.1) is 0 Å². The number of allylic oxidation sites excluding steroid dienone is 4. The molecule has 0 aromatic heterocycles. The zero-order valence-corrected chi connectivity index (χ0v) is 13.2. The third-order valence-electron chi connectivity index (χ3n) is 3.45. The van der Waals surface area contributed by atoms with Crippen LogP contribution in [0.25, 0.3) is 0 Å². The van der Waals surface area contributed by atoms with Crippen LogP contribution in [0.3, 0.4) is 0 Å². The van der Waals surface area contributed by atoms with E-state index in [1.807, 2.05) is 0 Å². The third kappa shape index (κ3) is 17.5. The van der Waals surface area contributed by atoms with Crippen LogP contribution >= 0.6 is 0 Å². The molecule has 0 aliphatic rings. The maximum Gasteiger partial charge on any atom is -0.0169 e. The van der Waals surface area contributed by atoms with Crippen LogP contribution in [0.4, 0.5) is 0 Å². The van der Waals surface area contributed by atoms with Gasteiger partial charge in [-0.05, 0) is 32.1 Å². The Bertz CT molecular complexity index is 200. The average Bonchev–Trinajstić information content (AvgIpc) is 2.43. The van der Waals surface area contributed by atoms with Gasteiger partial charge in [0, 0.05) is 0 Å². The highest BCUT2D eigenvalue weighted by Gasteiger charge is 1.89. The van der Waals surface area contributed by atoms with Gasteiger partial charge in [0.2, 0.25) is 0 Å². The molecule has 0 fully saturated rings. The first kappa shape index (κ1) is 18.5. The van der Waals surface area contributed by atoms with E-state index in [1.165, 1.54) is 70.6 Å². The van der Waals surface area contributed by atoms with Gasteiger partial charge in [-0.3, -0.25) is 0 Å². The van der Waals surface area contributed by atoms with Gasteiger partial charge in [-0.15, -0.1) is 0 Å². The summed E-state index contributed by atoms with van der Waals surface area (Å²) in [4.78, 5) is 0. The molecule has 0 heterocycles. The van der Waals surface area contributed by atoms with Gasteiger partial charge in [-0.1, -0.05) is 89.5 Å². The highest BCUT2D eigenvalue weighted by Crippen LogP contribution is 2.08. The van der Waals surface area contributed by atoms with Crippen molar-refractivity contribution in [1.82, 2.24) is 0 Å². The molecule has 0 nitrogen and oxygen atoms in total. The Morgan fingerprint density at radius 3 is 1.74 bits per heavy atom. The first-order chi connectivity index (χ1) is 9.41. The minimum atomic E-state index is 1.11. The van der Waals surface area contributed by atoms with Crippen LogP contribution in [-0.2, 0) is 0 Å². The molecule has 1 radical (unpaired) electrons. The van der Waals surface area contributed by atoms with Crippen LogP contribution in [0, 0.1) is 6.92 Å². The summed E-state index contributed by atoms with van der Waals surface area (Å²) in [5.41, 5.74) is 0. The minimum Gasteiger partial charge on any atom is -0.0882 e. The van der Waals surface area contributed by atoms with Crippen LogP contribution in [0.5, 0.6) is 0 Å². The summed E-state index contributed by atoms with van der Waals surface area (Å²) in [5, 5.41) is 0. The van der Waals surface area contributed by atoms with E-state index in [0.29, 0.717) is 0 Å². The number of hydrogen-bond donors (Lipinski definition) is 0. The molecule has 0 rings (SSSR count). The number of hydrogen-bond acceptors (Lipinski definition) is 0. The molecule has 0 unspecified atom stereocenters. The van der Waals surface area contributed by atoms with Crippen LogP contribution in [0.15, 0.2) is 24.3 Å². The predicted molar refractivity (Wildman–Crippen MR) is 89.3 cm³/mol. The van der Waals surface area contributed by atoms with Crippen LogP contribution in [0.2, 0.25) is 0 Å². The second-order valence-corrected chi connectivity index (χ2v) is 5.44. The SMILES string of the molecule is [CH2]CCCCCCCC/C=C\C/C=C\CCCCC. The normalized spacial score (nSPS) is 11.9. The molecule has 0 aromatic carbocycles. The fourth-order valence-electron chi connectivity index (χ4n) is 2.16. The Morgan fingerprint density at radius 1 is 0.632 bits per heavy atom. The second-order valence-electron chi connectivity index (χ2n) is 5.44. The molecule has 111 valence electrons. The van der Waals surface area contributed by atoms with Crippen molar-refractivity contribution in [2.45, 2.75) is 90.4 Å². The summed E-state index contributed by atoms with van der Waals surface area (Å²) >= 11 is 0. The largest absolute Gasteiger partial charge is 0.0882 e. The Kier molecular flexibility index (Phi) is 17.0. The van der Waals surface area contributed by atoms with E-state index in [2.05, 4.69) is 38.2 Å². The monoisotopic (exact) mass is 263 g/mol. The number of rotatable bonds is 14. The maximum absolute atomic E-state index is 3.87. The van der Waals surface area contributed by atoms with E-state index in [4.69, 9.17) is 0 Å². The molecular formula is C19H35. The zero-order valence-electron chi connectivity index (χ0n) is 13.2. The van der Waals surface area contributed by atoms with E-state index in [9.17, 15) is 0 Å². The van der Waals surface area contributed by atoms with E-state index in [1.54, 1.807) is 0 Å². The molecule has 0 aromatic rings. The fraction of sp³-hybridized carbons (Fsp3) is 0.737. The Hall–Kier alpha value is -0.520. The van der Waals surface area contributed by atoms with Gasteiger partial charge in [0.15, 0.2) is 0 Å². The van der Waals surface area contributed by atoms with Gasteiger partial charge in [-0.2, -0.15) is 0 Å². The van der Waals surface area contributed by atoms with Crippen molar-refractivity contribution in [1.29, 1.82) is 0 Å². The van der Waals surface area contributed by atoms with Crippen LogP contribution < -0.4 is 0 Å². The second kappa shape index (κ2) is 17.5. The van der Waals surface area contributed by atoms with E-state index < -0.39 is 0 Å². The first-order valence-corrected chi connectivity index (χ1v) is 8.51. The highest BCUT2D eigenvalue weighted by molar-refractivity contribution is 4.92. The van der Waals surface area contributed by atoms with Crippen molar-refractivity contribution in [2.75, 3.05) is 0 Å². The van der Waals surface area contributed by atoms with E-state index in [-0.39, 0.29) is 0 Å². The van der Waals surface area contributed by atoms with Crippen molar-refractivity contribution in [3.8, 4) is 0 Å². The highest BCUT2D eigenvalue weighted by atomic mass is 14.0. The molecule has 0 saturated heterocycles. The lowest BCUT2D eigenvalue weighted by Gasteiger charge is -1.98. The smallest absolute Gasteiger partial charge is 0.0169 e. The molecule has 0 aliphatic carbocycles. The topological polar surface area (TPSA) is 0 Å². The maximum atomic E-state index is 3.87. The number of unbranched alkanes of at least 4 members (excludes halogenated alkanes) is 10. The molecule has 0 saturated carbocycles. The van der Waals surface area contributed by atoms with Crippen molar-refractivity contribution in [3.05, 3.63) is 31.2 Å². The lowest BCUT2D eigenvalue weighted by atomic mass is 10.1. The summed E-state index contributed by atoms with van der Waals surface area (Å²) in [6.07, 6.45) is 26.4. The molecule has 0 spiro atoms. The van der Waals surface area contributed by atoms with Crippen molar-refractivity contribution in [2.24, 2.45) is 0 Å². The summed E-state index contributed by atoms with van der Waals surface area (Å²) in [5.74, 6) is 0. The van der Waals surface area contributed by atoms with Crippen molar-refractivity contribution < 1.29 is 0 Å². The molecule has 0 bridgehead atoms. The van der Waals surface area contributed by atoms with E-state index in [0.717, 1.165) is 12.8 Å². The van der Waals surface area contributed by atoms with Crippen LogP contribution in [-0.4, -0.2) is 0 Å². The van der Waals surface area contributed by atoms with Gasteiger partial charge >= 0.3 is 0 Å². The summed E-state index contributed by atoms with van der Waals surface area (Å²) < 4.78 is 0.